The number of hydrogen-bond donors (Lipinski definition) is 0. The highest BCUT2D eigenvalue weighted by atomic mass is 79.9. The molecule has 1 heterocycles. The SMILES string of the molecule is CCOC(=O)C1=Cc2c(ccc(Cl)c2CBr)OC1C(F)(F)F. The molecule has 3 nitrogen and oxygen atoms in total. The summed E-state index contributed by atoms with van der Waals surface area (Å²) in [6, 6.07) is 2.80. The second kappa shape index (κ2) is 6.50. The van der Waals surface area contributed by atoms with Gasteiger partial charge in [0.25, 0.3) is 0 Å². The number of hydrogen-bond acceptors (Lipinski definition) is 3. The third-order valence-electron chi connectivity index (χ3n) is 3.03. The molecule has 0 N–H and O–H groups in total. The summed E-state index contributed by atoms with van der Waals surface area (Å²) in [6.07, 6.45) is -5.95. The van der Waals surface area contributed by atoms with Crippen LogP contribution in [0.15, 0.2) is 17.7 Å². The molecule has 1 unspecified atom stereocenters. The molecule has 0 saturated heterocycles. The summed E-state index contributed by atoms with van der Waals surface area (Å²) in [7, 11) is 0. The van der Waals surface area contributed by atoms with E-state index >= 15 is 0 Å². The van der Waals surface area contributed by atoms with Crippen molar-refractivity contribution in [1.82, 2.24) is 0 Å². The van der Waals surface area contributed by atoms with E-state index in [-0.39, 0.29) is 12.4 Å². The first-order chi connectivity index (χ1) is 10.3. The van der Waals surface area contributed by atoms with E-state index < -0.39 is 23.8 Å². The van der Waals surface area contributed by atoms with Gasteiger partial charge in [-0.05, 0) is 30.7 Å². The van der Waals surface area contributed by atoms with E-state index in [0.29, 0.717) is 21.5 Å². The maximum atomic E-state index is 13.1. The van der Waals surface area contributed by atoms with Crippen molar-refractivity contribution in [3.05, 3.63) is 33.9 Å². The number of ether oxygens (including phenoxy) is 2. The normalized spacial score (nSPS) is 17.4. The van der Waals surface area contributed by atoms with Gasteiger partial charge in [0.05, 0.1) is 12.2 Å². The molecule has 120 valence electrons. The number of carbonyl (C=O) groups is 1. The second-order valence-corrected chi connectivity index (χ2v) is 5.40. The Hall–Kier alpha value is -1.21. The van der Waals surface area contributed by atoms with Crippen LogP contribution in [0.25, 0.3) is 6.08 Å². The van der Waals surface area contributed by atoms with Gasteiger partial charge in [-0.25, -0.2) is 4.79 Å². The molecule has 0 saturated carbocycles. The Labute approximate surface area is 138 Å². The monoisotopic (exact) mass is 398 g/mol. The van der Waals surface area contributed by atoms with Crippen LogP contribution in [0.5, 0.6) is 5.75 Å². The van der Waals surface area contributed by atoms with E-state index in [1.165, 1.54) is 19.1 Å². The molecule has 0 aliphatic carbocycles. The van der Waals surface area contributed by atoms with Crippen LogP contribution in [0.4, 0.5) is 13.2 Å². The van der Waals surface area contributed by atoms with Gasteiger partial charge in [-0.3, -0.25) is 0 Å². The summed E-state index contributed by atoms with van der Waals surface area (Å²) in [4.78, 5) is 11.8. The van der Waals surface area contributed by atoms with Gasteiger partial charge in [0, 0.05) is 15.9 Å². The lowest BCUT2D eigenvalue weighted by Gasteiger charge is -2.28. The van der Waals surface area contributed by atoms with Crippen LogP contribution in [0.2, 0.25) is 5.02 Å². The number of rotatable bonds is 3. The minimum Gasteiger partial charge on any atom is -0.475 e. The highest BCUT2D eigenvalue weighted by molar-refractivity contribution is 9.08. The van der Waals surface area contributed by atoms with Gasteiger partial charge in [-0.2, -0.15) is 13.2 Å². The summed E-state index contributed by atoms with van der Waals surface area (Å²) in [5.41, 5.74) is 0.292. The molecule has 1 atom stereocenters. The Morgan fingerprint density at radius 3 is 2.68 bits per heavy atom. The largest absolute Gasteiger partial charge is 0.475 e. The zero-order chi connectivity index (χ0) is 16.5. The van der Waals surface area contributed by atoms with E-state index in [1.807, 2.05) is 0 Å². The topological polar surface area (TPSA) is 35.5 Å². The van der Waals surface area contributed by atoms with Crippen LogP contribution < -0.4 is 4.74 Å². The summed E-state index contributed by atoms with van der Waals surface area (Å²) in [5.74, 6) is -1.04. The fourth-order valence-corrected chi connectivity index (χ4v) is 3.06. The average Bonchev–Trinajstić information content (AvgIpc) is 2.45. The molecule has 0 amide bonds. The van der Waals surface area contributed by atoms with E-state index in [0.717, 1.165) is 6.08 Å². The van der Waals surface area contributed by atoms with Crippen LogP contribution in [-0.2, 0) is 14.9 Å². The Kier molecular flexibility index (Phi) is 5.07. The van der Waals surface area contributed by atoms with Gasteiger partial charge in [0.15, 0.2) is 0 Å². The van der Waals surface area contributed by atoms with E-state index in [1.54, 1.807) is 0 Å². The Morgan fingerprint density at radius 2 is 2.14 bits per heavy atom. The predicted molar refractivity (Wildman–Crippen MR) is 79.2 cm³/mol. The average molecular weight is 400 g/mol. The molecule has 0 bridgehead atoms. The maximum Gasteiger partial charge on any atom is 0.430 e. The van der Waals surface area contributed by atoms with Gasteiger partial charge in [0.2, 0.25) is 6.10 Å². The third-order valence-corrected chi connectivity index (χ3v) is 3.94. The number of benzene rings is 1. The number of esters is 1. The van der Waals surface area contributed by atoms with Crippen molar-refractivity contribution in [3.8, 4) is 5.75 Å². The van der Waals surface area contributed by atoms with Crippen LogP contribution in [0.3, 0.4) is 0 Å². The lowest BCUT2D eigenvalue weighted by molar-refractivity contribution is -0.187. The van der Waals surface area contributed by atoms with Gasteiger partial charge in [-0.15, -0.1) is 0 Å². The first kappa shape index (κ1) is 17.1. The minimum atomic E-state index is -4.73. The molecule has 0 radical (unpaired) electrons. The standard InChI is InChI=1S/C14H11BrClF3O3/c1-2-21-13(20)8-5-7-9(6-15)10(16)3-4-11(7)22-12(8)14(17,18)19/h3-5,12H,2,6H2,1H3. The lowest BCUT2D eigenvalue weighted by atomic mass is 9.98. The van der Waals surface area contributed by atoms with Crippen LogP contribution in [0.1, 0.15) is 18.1 Å². The Morgan fingerprint density at radius 1 is 1.45 bits per heavy atom. The number of halogens is 5. The molecule has 0 spiro atoms. The minimum absolute atomic E-state index is 0.0224. The zero-order valence-electron chi connectivity index (χ0n) is 11.3. The van der Waals surface area contributed by atoms with Crippen molar-refractivity contribution in [2.75, 3.05) is 6.61 Å². The van der Waals surface area contributed by atoms with Gasteiger partial charge in [-0.1, -0.05) is 27.5 Å². The summed E-state index contributed by atoms with van der Waals surface area (Å²) < 4.78 is 49.1. The van der Waals surface area contributed by atoms with Gasteiger partial charge < -0.3 is 9.47 Å². The van der Waals surface area contributed by atoms with Crippen LogP contribution >= 0.6 is 27.5 Å². The molecule has 0 aromatic heterocycles. The number of fused-ring (bicyclic) bond motifs is 1. The second-order valence-electron chi connectivity index (χ2n) is 4.43. The third kappa shape index (κ3) is 3.25. The fourth-order valence-electron chi connectivity index (χ4n) is 2.06. The molecule has 1 aliphatic heterocycles. The van der Waals surface area contributed by atoms with Gasteiger partial charge in [0.1, 0.15) is 5.75 Å². The molecule has 8 heteroatoms. The van der Waals surface area contributed by atoms with Crippen molar-refractivity contribution in [2.24, 2.45) is 0 Å². The van der Waals surface area contributed by atoms with E-state index in [9.17, 15) is 18.0 Å². The van der Waals surface area contributed by atoms with Crippen molar-refractivity contribution in [3.63, 3.8) is 0 Å². The van der Waals surface area contributed by atoms with Crippen LogP contribution in [-0.4, -0.2) is 24.9 Å². The Balaban J connectivity index is 2.59. The van der Waals surface area contributed by atoms with Gasteiger partial charge >= 0.3 is 12.1 Å². The van der Waals surface area contributed by atoms with Crippen molar-refractivity contribution in [2.45, 2.75) is 24.5 Å². The van der Waals surface area contributed by atoms with Crippen LogP contribution in [0, 0.1) is 0 Å². The molecule has 1 aromatic carbocycles. The van der Waals surface area contributed by atoms with E-state index in [2.05, 4.69) is 15.9 Å². The highest BCUT2D eigenvalue weighted by Gasteiger charge is 2.49. The molecular weight excluding hydrogens is 389 g/mol. The predicted octanol–water partition coefficient (Wildman–Crippen LogP) is 4.50. The van der Waals surface area contributed by atoms with E-state index in [4.69, 9.17) is 21.1 Å². The smallest absolute Gasteiger partial charge is 0.430 e. The molecular formula is C14H11BrClF3O3. The molecule has 2 rings (SSSR count). The molecule has 1 aliphatic rings. The molecule has 1 aromatic rings. The Bertz CT molecular complexity index is 628. The van der Waals surface area contributed by atoms with Crippen molar-refractivity contribution >= 4 is 39.6 Å². The molecule has 0 fully saturated rings. The lowest BCUT2D eigenvalue weighted by Crippen LogP contribution is -2.41. The summed E-state index contributed by atoms with van der Waals surface area (Å²) >= 11 is 9.24. The summed E-state index contributed by atoms with van der Waals surface area (Å²) in [5, 5.41) is 0.672. The zero-order valence-corrected chi connectivity index (χ0v) is 13.7. The quantitative estimate of drug-likeness (QED) is 0.554. The van der Waals surface area contributed by atoms with Crippen molar-refractivity contribution < 1.29 is 27.4 Å². The highest BCUT2D eigenvalue weighted by Crippen LogP contribution is 2.41. The molecule has 22 heavy (non-hydrogen) atoms. The first-order valence-electron chi connectivity index (χ1n) is 6.29. The summed E-state index contributed by atoms with van der Waals surface area (Å²) in [6.45, 7) is 1.48. The number of alkyl halides is 4. The fraction of sp³-hybridized carbons (Fsp3) is 0.357. The maximum absolute atomic E-state index is 13.1. The first-order valence-corrected chi connectivity index (χ1v) is 7.79. The van der Waals surface area contributed by atoms with Crippen molar-refractivity contribution in [1.29, 1.82) is 0 Å². The number of carbonyl (C=O) groups excluding carboxylic acids is 1.